The van der Waals surface area contributed by atoms with Crippen LogP contribution >= 0.6 is 35.0 Å². The van der Waals surface area contributed by atoms with Crippen LogP contribution in [-0.2, 0) is 0 Å². The van der Waals surface area contributed by atoms with E-state index in [-0.39, 0.29) is 0 Å². The number of nitrogens with zero attached hydrogens (tertiary/aromatic N) is 1. The highest BCUT2D eigenvalue weighted by Crippen LogP contribution is 2.41. The van der Waals surface area contributed by atoms with Gasteiger partial charge in [0.2, 0.25) is 0 Å². The van der Waals surface area contributed by atoms with Crippen LogP contribution in [0.4, 0.5) is 4.39 Å². The Morgan fingerprint density at radius 2 is 2.33 bits per heavy atom. The molecule has 0 amide bonds. The lowest BCUT2D eigenvalue weighted by Gasteiger charge is -2.04. The quantitative estimate of drug-likeness (QED) is 0.620. The van der Waals surface area contributed by atoms with Gasteiger partial charge in [0.05, 0.1) is 0 Å². The number of alkyl halides is 3. The highest BCUT2D eigenvalue weighted by molar-refractivity contribution is 8.03. The molecule has 0 aliphatic carbocycles. The molecule has 2 nitrogen and oxygen atoms in total. The zero-order chi connectivity index (χ0) is 9.19. The standard InChI is InChI=1S/C6H3Cl2FN2S/c7-6(8,9)12-5-1-4(2-10)11-3-5/h1,3,11H. The molecular formula is C6H3Cl2FN2S. The van der Waals surface area contributed by atoms with E-state index in [2.05, 4.69) is 4.98 Å². The number of aromatic nitrogens is 1. The molecule has 1 heterocycles. The number of nitriles is 1. The minimum Gasteiger partial charge on any atom is -0.352 e. The molecule has 0 aliphatic rings. The molecule has 64 valence electrons. The number of nitrogens with one attached hydrogen (secondary N) is 1. The van der Waals surface area contributed by atoms with Gasteiger partial charge in [-0.3, -0.25) is 0 Å². The Morgan fingerprint density at radius 3 is 2.75 bits per heavy atom. The van der Waals surface area contributed by atoms with Gasteiger partial charge in [-0.1, -0.05) is 35.0 Å². The van der Waals surface area contributed by atoms with Crippen LogP contribution in [0.5, 0.6) is 0 Å². The Labute approximate surface area is 82.7 Å². The lowest BCUT2D eigenvalue weighted by molar-refractivity contribution is 0.516. The first kappa shape index (κ1) is 9.72. The van der Waals surface area contributed by atoms with Crippen LogP contribution in [0.1, 0.15) is 5.69 Å². The average molecular weight is 225 g/mol. The molecule has 0 radical (unpaired) electrons. The van der Waals surface area contributed by atoms with E-state index in [0.29, 0.717) is 22.4 Å². The summed E-state index contributed by atoms with van der Waals surface area (Å²) in [5, 5.41) is 8.40. The predicted molar refractivity (Wildman–Crippen MR) is 46.9 cm³/mol. The molecule has 1 rings (SSSR count). The Kier molecular flexibility index (Phi) is 2.89. The van der Waals surface area contributed by atoms with Crippen LogP contribution in [0.2, 0.25) is 0 Å². The third kappa shape index (κ3) is 2.94. The smallest absolute Gasteiger partial charge is 0.309 e. The van der Waals surface area contributed by atoms with Crippen molar-refractivity contribution in [2.45, 2.75) is 8.81 Å². The van der Waals surface area contributed by atoms with Crippen molar-refractivity contribution < 1.29 is 4.39 Å². The van der Waals surface area contributed by atoms with Crippen LogP contribution in [0.3, 0.4) is 0 Å². The molecule has 1 aromatic heterocycles. The topological polar surface area (TPSA) is 39.6 Å². The van der Waals surface area contributed by atoms with Crippen molar-refractivity contribution in [1.29, 1.82) is 5.26 Å². The zero-order valence-electron chi connectivity index (χ0n) is 5.64. The molecule has 0 unspecified atom stereocenters. The van der Waals surface area contributed by atoms with Crippen molar-refractivity contribution in [2.24, 2.45) is 0 Å². The maximum Gasteiger partial charge on any atom is 0.309 e. The zero-order valence-corrected chi connectivity index (χ0v) is 7.97. The Hall–Kier alpha value is -0.370. The lowest BCUT2D eigenvalue weighted by atomic mass is 10.5. The van der Waals surface area contributed by atoms with Crippen molar-refractivity contribution in [1.82, 2.24) is 4.98 Å². The van der Waals surface area contributed by atoms with Gasteiger partial charge in [0.25, 0.3) is 0 Å². The number of rotatable bonds is 2. The molecule has 0 aromatic carbocycles. The summed E-state index contributed by atoms with van der Waals surface area (Å²) < 4.78 is 10.2. The molecule has 0 spiro atoms. The van der Waals surface area contributed by atoms with E-state index >= 15 is 0 Å². The summed E-state index contributed by atoms with van der Waals surface area (Å²) in [6, 6.07) is 3.32. The maximum absolute atomic E-state index is 12.6. The molecular weight excluding hydrogens is 222 g/mol. The van der Waals surface area contributed by atoms with Gasteiger partial charge in [0.15, 0.2) is 0 Å². The van der Waals surface area contributed by atoms with Crippen molar-refractivity contribution in [2.75, 3.05) is 0 Å². The van der Waals surface area contributed by atoms with Gasteiger partial charge in [0.1, 0.15) is 11.8 Å². The van der Waals surface area contributed by atoms with Gasteiger partial charge in [-0.15, -0.1) is 0 Å². The SMILES string of the molecule is N#Cc1cc(SC(F)(Cl)Cl)c[nH]1. The molecule has 0 atom stereocenters. The first-order valence-electron chi connectivity index (χ1n) is 2.85. The van der Waals surface area contributed by atoms with Gasteiger partial charge >= 0.3 is 3.92 Å². The normalized spacial score (nSPS) is 11.2. The third-order valence-corrected chi connectivity index (χ3v) is 2.18. The van der Waals surface area contributed by atoms with E-state index in [1.807, 2.05) is 6.07 Å². The number of hydrogen-bond acceptors (Lipinski definition) is 2. The molecule has 6 heteroatoms. The second-order valence-corrected chi connectivity index (χ2v) is 4.83. The van der Waals surface area contributed by atoms with E-state index < -0.39 is 3.92 Å². The van der Waals surface area contributed by atoms with Gasteiger partial charge in [0, 0.05) is 11.1 Å². The summed E-state index contributed by atoms with van der Waals surface area (Å²) in [4.78, 5) is 3.10. The van der Waals surface area contributed by atoms with E-state index in [4.69, 9.17) is 28.5 Å². The Balaban J connectivity index is 2.72. The molecule has 12 heavy (non-hydrogen) atoms. The minimum absolute atomic E-state index is 0.343. The fourth-order valence-corrected chi connectivity index (χ4v) is 1.73. The van der Waals surface area contributed by atoms with Gasteiger partial charge < -0.3 is 4.98 Å². The Bertz CT molecular complexity index is 312. The van der Waals surface area contributed by atoms with Crippen LogP contribution in [-0.4, -0.2) is 8.90 Å². The molecule has 0 aliphatic heterocycles. The number of aromatic amines is 1. The first-order chi connectivity index (χ1) is 5.51. The van der Waals surface area contributed by atoms with Gasteiger partial charge in [-0.05, 0) is 6.07 Å². The van der Waals surface area contributed by atoms with E-state index in [0.717, 1.165) is 0 Å². The van der Waals surface area contributed by atoms with Crippen molar-refractivity contribution >= 4 is 35.0 Å². The van der Waals surface area contributed by atoms with Crippen LogP contribution in [0.25, 0.3) is 0 Å². The van der Waals surface area contributed by atoms with Crippen molar-refractivity contribution in [3.8, 4) is 6.07 Å². The summed E-state index contributed by atoms with van der Waals surface area (Å²) in [6.07, 6.45) is 1.46. The second-order valence-electron chi connectivity index (χ2n) is 1.91. The molecule has 0 saturated heterocycles. The second kappa shape index (κ2) is 3.56. The fraction of sp³-hybridized carbons (Fsp3) is 0.167. The van der Waals surface area contributed by atoms with Crippen molar-refractivity contribution in [3.05, 3.63) is 18.0 Å². The maximum atomic E-state index is 12.6. The lowest BCUT2D eigenvalue weighted by Crippen LogP contribution is -1.93. The molecule has 0 saturated carbocycles. The van der Waals surface area contributed by atoms with Gasteiger partial charge in [-0.2, -0.15) is 9.65 Å². The number of H-pyrrole nitrogens is 1. The highest BCUT2D eigenvalue weighted by atomic mass is 35.5. The number of halogens is 3. The van der Waals surface area contributed by atoms with Gasteiger partial charge in [-0.25, -0.2) is 0 Å². The third-order valence-electron chi connectivity index (χ3n) is 1.01. The largest absolute Gasteiger partial charge is 0.352 e. The Morgan fingerprint density at radius 1 is 1.67 bits per heavy atom. The van der Waals surface area contributed by atoms with E-state index in [9.17, 15) is 4.39 Å². The summed E-state index contributed by atoms with van der Waals surface area (Å²) in [5.74, 6) is 0. The predicted octanol–water partition coefficient (Wildman–Crippen LogP) is 3.04. The molecule has 1 aromatic rings. The fourth-order valence-electron chi connectivity index (χ4n) is 0.632. The van der Waals surface area contributed by atoms with Crippen LogP contribution in [0, 0.1) is 11.3 Å². The summed E-state index contributed by atoms with van der Waals surface area (Å²) >= 11 is 10.8. The highest BCUT2D eigenvalue weighted by Gasteiger charge is 2.24. The molecule has 0 bridgehead atoms. The summed E-state index contributed by atoms with van der Waals surface area (Å²) in [7, 11) is 0. The minimum atomic E-state index is -2.35. The molecule has 1 N–H and O–H groups in total. The summed E-state index contributed by atoms with van der Waals surface area (Å²) in [5.41, 5.74) is 0.343. The van der Waals surface area contributed by atoms with Crippen LogP contribution in [0.15, 0.2) is 17.2 Å². The number of thioether (sulfide) groups is 1. The number of hydrogen-bond donors (Lipinski definition) is 1. The molecule has 0 fully saturated rings. The van der Waals surface area contributed by atoms with Crippen molar-refractivity contribution in [3.63, 3.8) is 0 Å². The van der Waals surface area contributed by atoms with E-state index in [1.165, 1.54) is 12.3 Å². The first-order valence-corrected chi connectivity index (χ1v) is 4.43. The average Bonchev–Trinajstić information content (AvgIpc) is 2.32. The van der Waals surface area contributed by atoms with E-state index in [1.54, 1.807) is 0 Å². The monoisotopic (exact) mass is 224 g/mol. The van der Waals surface area contributed by atoms with Crippen LogP contribution < -0.4 is 0 Å². The summed E-state index contributed by atoms with van der Waals surface area (Å²) in [6.45, 7) is 0.